The summed E-state index contributed by atoms with van der Waals surface area (Å²) in [6.07, 6.45) is 16.4. The molecule has 0 radical (unpaired) electrons. The van der Waals surface area contributed by atoms with Crippen LogP contribution in [0.2, 0.25) is 0 Å². The van der Waals surface area contributed by atoms with Gasteiger partial charge in [-0.2, -0.15) is 0 Å². The zero-order valence-electron chi connectivity index (χ0n) is 86.1. The number of carbonyl (C=O) groups excluding carboxylic acids is 1. The van der Waals surface area contributed by atoms with Gasteiger partial charge in [-0.25, -0.2) is 19.2 Å². The summed E-state index contributed by atoms with van der Waals surface area (Å²) in [5, 5.41) is 7.86. The fourth-order valence-electron chi connectivity index (χ4n) is 20.3. The van der Waals surface area contributed by atoms with Crippen molar-refractivity contribution in [3.05, 3.63) is 347 Å². The molecule has 16 nitrogen and oxygen atoms in total. The first-order valence-electron chi connectivity index (χ1n) is 51.4. The second kappa shape index (κ2) is 47.2. The normalized spacial score (nSPS) is 11.7. The Bertz CT molecular complexity index is 7420. The molecule has 0 unspecified atom stereocenters. The number of aryl methyl sites for hydroxylation is 10. The first kappa shape index (κ1) is 104. The van der Waals surface area contributed by atoms with E-state index >= 15 is 4.79 Å². The highest BCUT2D eigenvalue weighted by Crippen LogP contribution is 2.52. The third kappa shape index (κ3) is 24.5. The van der Waals surface area contributed by atoms with Gasteiger partial charge in [-0.15, -0.1) is 79.4 Å². The predicted molar refractivity (Wildman–Crippen MR) is 615 cm³/mol. The number of rotatable bonds is 46. The lowest BCUT2D eigenvalue weighted by Crippen LogP contribution is -2.24. The summed E-state index contributed by atoms with van der Waals surface area (Å²) in [6.45, 7) is 33.9. The molecule has 11 aromatic heterocycles. The highest BCUT2D eigenvalue weighted by atomic mass is 32.1. The predicted octanol–water partition coefficient (Wildman–Crippen LogP) is 33.4. The molecular formula is C123H128N4O12S7. The number of esters is 1. The van der Waals surface area contributed by atoms with Crippen molar-refractivity contribution < 1.29 is 36.7 Å². The third-order valence-electron chi connectivity index (χ3n) is 27.8. The average Bonchev–Trinajstić information content (AvgIpc) is 1.61. The highest BCUT2D eigenvalue weighted by molar-refractivity contribution is 7.31. The second-order valence-electron chi connectivity index (χ2n) is 38.8. The molecule has 0 aliphatic carbocycles. The van der Waals surface area contributed by atoms with Gasteiger partial charge in [0.05, 0.1) is 6.42 Å². The zero-order chi connectivity index (χ0) is 102. The van der Waals surface area contributed by atoms with Crippen LogP contribution in [0.25, 0.3) is 102 Å². The lowest BCUT2D eigenvalue weighted by atomic mass is 10.0. The van der Waals surface area contributed by atoms with Gasteiger partial charge >= 0.3 is 28.5 Å². The molecule has 0 saturated heterocycles. The van der Waals surface area contributed by atoms with Crippen LogP contribution >= 0.6 is 79.4 Å². The van der Waals surface area contributed by atoms with Gasteiger partial charge in [0.2, 0.25) is 0 Å². The Balaban J connectivity index is 0.721. The van der Waals surface area contributed by atoms with Crippen molar-refractivity contribution in [1.82, 2.24) is 0 Å². The Hall–Kier alpha value is -12.5. The van der Waals surface area contributed by atoms with Gasteiger partial charge in [-0.3, -0.25) is 4.79 Å². The molecule has 0 amide bonds. The van der Waals surface area contributed by atoms with Gasteiger partial charge in [0.15, 0.2) is 0 Å². The summed E-state index contributed by atoms with van der Waals surface area (Å²) >= 11 is 12.8. The Morgan fingerprint density at radius 3 is 0.938 bits per heavy atom. The number of anilines is 4. The van der Waals surface area contributed by atoms with Crippen LogP contribution in [0.4, 0.5) is 22.7 Å². The molecule has 0 atom stereocenters. The van der Waals surface area contributed by atoms with E-state index in [9.17, 15) is 19.2 Å². The summed E-state index contributed by atoms with van der Waals surface area (Å²) < 4.78 is 44.8. The molecule has 0 aliphatic heterocycles. The van der Waals surface area contributed by atoms with Crippen LogP contribution in [-0.2, 0) is 74.8 Å². The number of carbonyl (C=O) groups is 1. The van der Waals surface area contributed by atoms with Crippen molar-refractivity contribution in [2.45, 2.75) is 239 Å². The lowest BCUT2D eigenvalue weighted by Gasteiger charge is -2.28. The van der Waals surface area contributed by atoms with Crippen molar-refractivity contribution in [3.8, 4) is 70.0 Å². The fourth-order valence-corrected chi connectivity index (χ4v) is 28.1. The van der Waals surface area contributed by atoms with Gasteiger partial charge in [0, 0.05) is 204 Å². The van der Waals surface area contributed by atoms with Gasteiger partial charge in [-0.05, 0) is 341 Å². The van der Waals surface area contributed by atoms with Gasteiger partial charge in [-0.1, -0.05) is 102 Å². The third-order valence-corrected chi connectivity index (χ3v) is 36.4. The van der Waals surface area contributed by atoms with Gasteiger partial charge < -0.3 is 51.5 Å². The average molecular weight is 2080 g/mol. The SMILES string of the molecule is CCCCCCCCc1cc(-c2cc(CC(=O)OCc3cc(COc4cc(CN(CC)c5cc6oc(=O)cc(C)c6cc5C)cc(CN(CC)c5cc6oc(=O)cc(C)c6cc5C)c4)cc(COc4cc(CN(CC)c5cc6oc(=O)cc(C)c6cc5C)cc(CN(CC)c5cc6oc(=O)cc(C)c6cc5C)c4)c3)c(-c3cc(CCCCCCCC)c(-c4ccc(-c5cccs5)s4)s3)s2)sc1-c1ccc(-c2cccs2)s1. The van der Waals surface area contributed by atoms with Crippen LogP contribution < -0.4 is 51.6 Å². The highest BCUT2D eigenvalue weighted by Gasteiger charge is 2.28. The quantitative estimate of drug-likeness (QED) is 0.0200. The number of benzene rings is 7. The van der Waals surface area contributed by atoms with E-state index in [0.29, 0.717) is 86.2 Å². The van der Waals surface area contributed by atoms with Crippen molar-refractivity contribution >= 4 is 152 Å². The van der Waals surface area contributed by atoms with E-state index in [-0.39, 0.29) is 32.2 Å². The Labute approximate surface area is 883 Å². The van der Waals surface area contributed by atoms with Crippen LogP contribution in [0.1, 0.15) is 219 Å². The maximum atomic E-state index is 15.7. The molecule has 23 heteroatoms. The molecule has 754 valence electrons. The van der Waals surface area contributed by atoms with E-state index in [2.05, 4.69) is 245 Å². The minimum atomic E-state index is -0.398. The van der Waals surface area contributed by atoms with E-state index in [4.69, 9.17) is 31.9 Å². The topological polar surface area (TPSA) is 179 Å². The molecule has 11 heterocycles. The second-order valence-corrected chi connectivity index (χ2v) is 46.1. The lowest BCUT2D eigenvalue weighted by molar-refractivity contribution is -0.144. The number of fused-ring (bicyclic) bond motifs is 4. The van der Waals surface area contributed by atoms with Crippen LogP contribution in [0.15, 0.2) is 242 Å². The van der Waals surface area contributed by atoms with E-state index in [1.54, 1.807) is 34.0 Å². The summed E-state index contributed by atoms with van der Waals surface area (Å²) in [4.78, 5) is 91.5. The van der Waals surface area contributed by atoms with Crippen molar-refractivity contribution in [3.63, 3.8) is 0 Å². The Morgan fingerprint density at radius 2 is 0.596 bits per heavy atom. The number of ether oxygens (including phenoxy) is 3. The smallest absolute Gasteiger partial charge is 0.336 e. The molecule has 0 bridgehead atoms. The van der Waals surface area contributed by atoms with Crippen LogP contribution in [-0.4, -0.2) is 32.1 Å². The fraction of sp³-hybridized carbons (Fsp3) is 0.325. The summed E-state index contributed by atoms with van der Waals surface area (Å²) in [7, 11) is 0. The summed E-state index contributed by atoms with van der Waals surface area (Å²) in [6, 6.07) is 66.9. The van der Waals surface area contributed by atoms with Crippen molar-refractivity contribution in [2.75, 3.05) is 45.8 Å². The minimum absolute atomic E-state index is 0.0390. The Morgan fingerprint density at radius 1 is 0.288 bits per heavy atom. The van der Waals surface area contributed by atoms with E-state index < -0.39 is 22.5 Å². The van der Waals surface area contributed by atoms with Gasteiger partial charge in [0.25, 0.3) is 0 Å². The number of hydrogen-bond acceptors (Lipinski definition) is 23. The molecule has 0 saturated carbocycles. The molecule has 18 aromatic rings. The van der Waals surface area contributed by atoms with Crippen LogP contribution in [0, 0.1) is 55.4 Å². The molecule has 7 aromatic carbocycles. The van der Waals surface area contributed by atoms with Gasteiger partial charge in [0.1, 0.15) is 53.7 Å². The van der Waals surface area contributed by atoms with Crippen molar-refractivity contribution in [1.29, 1.82) is 0 Å². The monoisotopic (exact) mass is 2080 g/mol. The first-order chi connectivity index (χ1) is 70.8. The zero-order valence-corrected chi connectivity index (χ0v) is 91.8. The standard InChI is InChI=1S/C123H128N4O12S7/c1-15-21-23-25-27-29-33-90-60-113(144-121(90)111-39-37-109(142-111)107-35-31-41-140-107)114-62-92(123(145-114)115-61-91(34-30-28-26-24-22-16-2)122(146-115)112-40-38-110(143-112)108-36-32-42-141-108)63-116(128)135-74-89-54-87(72-133-93-56-83(68-124(17-3)99-64-103-95(43-79(99)11)75(7)47-117(129)136-103)51-84(57-93)69-125(18-4)100-65-104-96(44-80(100)12)76(8)48-118(130)137-104)53-88(55-89)73-134-94-58-85(70-126(19-5)101-66-105-97(45-81(101)13)77(9)49-119(131)138-105)52-86(59-94)71-127(20-6)102-67-106-98(46-82(102)14)78(10)50-120(132)139-106/h31-32,35-62,64-67H,15-30,33-34,63,68-74H2,1-14H3. The Kier molecular flexibility index (Phi) is 33.4. The van der Waals surface area contributed by atoms with Crippen LogP contribution in [0.5, 0.6) is 11.5 Å². The van der Waals surface area contributed by atoms with E-state index in [1.165, 1.54) is 143 Å². The molecule has 146 heavy (non-hydrogen) atoms. The molecule has 18 rings (SSSR count). The number of hydrogen-bond donors (Lipinski definition) is 0. The summed E-state index contributed by atoms with van der Waals surface area (Å²) in [5.41, 5.74) is 21.8. The minimum Gasteiger partial charge on any atom is -0.489 e. The van der Waals surface area contributed by atoms with E-state index in [0.717, 1.165) is 174 Å². The molecule has 0 aliphatic rings. The molecular weight excluding hydrogens is 1950 g/mol. The number of nitrogens with zero attached hydrogens (tertiary/aromatic N) is 4. The first-order valence-corrected chi connectivity index (χ1v) is 57.3. The van der Waals surface area contributed by atoms with Crippen LogP contribution in [0.3, 0.4) is 0 Å². The van der Waals surface area contributed by atoms with Crippen molar-refractivity contribution in [2.24, 2.45) is 0 Å². The summed E-state index contributed by atoms with van der Waals surface area (Å²) in [5.74, 6) is 0.924. The number of unbranched alkanes of at least 4 members (excludes halogenated alkanes) is 10. The maximum absolute atomic E-state index is 15.7. The largest absolute Gasteiger partial charge is 0.489 e. The molecule has 0 N–H and O–H groups in total. The van der Waals surface area contributed by atoms with E-state index in [1.807, 2.05) is 97.3 Å². The molecule has 0 spiro atoms. The number of thiophene rings is 7. The molecule has 0 fully saturated rings. The maximum Gasteiger partial charge on any atom is 0.336 e.